The Hall–Kier alpha value is -4.08. The second kappa shape index (κ2) is 12.6. The summed E-state index contributed by atoms with van der Waals surface area (Å²) in [5.41, 5.74) is 5.44. The minimum absolute atomic E-state index is 0.0450. The van der Waals surface area contributed by atoms with Gasteiger partial charge in [0.2, 0.25) is 0 Å². The molecule has 0 spiro atoms. The highest BCUT2D eigenvalue weighted by Gasteiger charge is 2.45. The number of hydrogen-bond donors (Lipinski definition) is 2. The number of hydrogen-bond acceptors (Lipinski definition) is 4. The van der Waals surface area contributed by atoms with Crippen LogP contribution in [-0.2, 0) is 17.8 Å². The third kappa shape index (κ3) is 7.56. The number of ketones is 1. The zero-order valence-corrected chi connectivity index (χ0v) is 22.9. The van der Waals surface area contributed by atoms with E-state index >= 15 is 0 Å². The molecular formula is C31H29ClF3N4O2+. The van der Waals surface area contributed by atoms with Gasteiger partial charge in [-0.25, -0.2) is 0 Å². The van der Waals surface area contributed by atoms with E-state index in [0.29, 0.717) is 29.2 Å². The minimum Gasteiger partial charge on any atom is -0.325 e. The molecule has 3 aromatic rings. The number of Topliss-reactive ketones (excluding diaryl/α,β-unsaturated/α-hetero) is 1. The van der Waals surface area contributed by atoms with Crippen LogP contribution in [-0.4, -0.2) is 34.5 Å². The van der Waals surface area contributed by atoms with Crippen molar-refractivity contribution in [1.82, 2.24) is 4.57 Å². The number of carbonyl (C=O) groups is 1. The highest BCUT2D eigenvalue weighted by Crippen LogP contribution is 2.35. The third-order valence-electron chi connectivity index (χ3n) is 6.90. The predicted molar refractivity (Wildman–Crippen MR) is 155 cm³/mol. The largest absolute Gasteiger partial charge is 0.400 e. The molecule has 4 N–H and O–H groups in total. The van der Waals surface area contributed by atoms with E-state index in [1.807, 2.05) is 24.3 Å². The van der Waals surface area contributed by atoms with Crippen molar-refractivity contribution in [3.05, 3.63) is 117 Å². The molecule has 0 bridgehead atoms. The van der Waals surface area contributed by atoms with Crippen molar-refractivity contribution in [3.8, 4) is 0 Å². The topological polar surface area (TPSA) is 103 Å². The smallest absolute Gasteiger partial charge is 0.325 e. The highest BCUT2D eigenvalue weighted by molar-refractivity contribution is 6.32. The maximum atomic E-state index is 14.1. The fourth-order valence-electron chi connectivity index (χ4n) is 4.70. The van der Waals surface area contributed by atoms with Gasteiger partial charge in [0.15, 0.2) is 5.78 Å². The summed E-state index contributed by atoms with van der Waals surface area (Å²) in [6.45, 7) is 4.15. The van der Waals surface area contributed by atoms with Crippen LogP contribution < -0.4 is 11.3 Å². The van der Waals surface area contributed by atoms with E-state index in [-0.39, 0.29) is 29.2 Å². The Labute approximate surface area is 240 Å². The second-order valence-corrected chi connectivity index (χ2v) is 10.4. The zero-order chi connectivity index (χ0) is 29.7. The molecule has 0 aliphatic carbocycles. The number of aromatic nitrogens is 1. The number of rotatable bonds is 10. The molecule has 212 valence electrons. The van der Waals surface area contributed by atoms with Crippen LogP contribution in [0.5, 0.6) is 0 Å². The SMILES string of the molecule is C=C(C(=O)CC(=N)C(C1=CCC(Cc2ccc(Cn3ccccc3=O)cc2)N=C1)C(F)(F)F)c1cc(Cl)ccc1[NH3+]. The Kier molecular flexibility index (Phi) is 9.20. The molecule has 6 nitrogen and oxygen atoms in total. The van der Waals surface area contributed by atoms with E-state index in [9.17, 15) is 22.8 Å². The van der Waals surface area contributed by atoms with Gasteiger partial charge in [0.25, 0.3) is 5.56 Å². The van der Waals surface area contributed by atoms with Gasteiger partial charge in [-0.3, -0.25) is 14.6 Å². The van der Waals surface area contributed by atoms with Crippen LogP contribution in [0.4, 0.5) is 18.9 Å². The van der Waals surface area contributed by atoms with Crippen LogP contribution >= 0.6 is 11.6 Å². The molecule has 2 heterocycles. The van der Waals surface area contributed by atoms with E-state index in [0.717, 1.165) is 11.1 Å². The first-order chi connectivity index (χ1) is 19.4. The molecule has 41 heavy (non-hydrogen) atoms. The van der Waals surface area contributed by atoms with Crippen LogP contribution in [0, 0.1) is 11.3 Å². The highest BCUT2D eigenvalue weighted by atomic mass is 35.5. The first-order valence-corrected chi connectivity index (χ1v) is 13.2. The monoisotopic (exact) mass is 581 g/mol. The Bertz CT molecular complexity index is 1590. The lowest BCUT2D eigenvalue weighted by Crippen LogP contribution is -2.41. The van der Waals surface area contributed by atoms with Gasteiger partial charge in [-0.05, 0) is 47.7 Å². The molecule has 0 saturated carbocycles. The Morgan fingerprint density at radius 2 is 1.85 bits per heavy atom. The zero-order valence-electron chi connectivity index (χ0n) is 22.1. The molecule has 0 saturated heterocycles. The molecule has 1 aliphatic heterocycles. The van der Waals surface area contributed by atoms with E-state index in [1.165, 1.54) is 24.4 Å². The molecule has 1 aliphatic rings. The Morgan fingerprint density at radius 1 is 1.15 bits per heavy atom. The van der Waals surface area contributed by atoms with Gasteiger partial charge in [-0.15, -0.1) is 0 Å². The van der Waals surface area contributed by atoms with Crippen molar-refractivity contribution < 1.29 is 23.7 Å². The van der Waals surface area contributed by atoms with Gasteiger partial charge < -0.3 is 15.7 Å². The predicted octanol–water partition coefficient (Wildman–Crippen LogP) is 5.61. The van der Waals surface area contributed by atoms with Crippen molar-refractivity contribution in [1.29, 1.82) is 5.41 Å². The standard InChI is InChI=1S/C31H28ClF3N4O2/c1-19(25-15-23(32)10-12-26(25)36)28(40)16-27(37)30(31(33,34)35)22-9-11-24(38-17-22)14-20-5-7-21(8-6-20)18-39-13-3-2-4-29(39)41/h2-10,12-13,15,17,24,30,37H,1,11,14,16,18,36H2/p+1. The number of quaternary nitrogens is 1. The Morgan fingerprint density at radius 3 is 2.49 bits per heavy atom. The summed E-state index contributed by atoms with van der Waals surface area (Å²) < 4.78 is 43.8. The van der Waals surface area contributed by atoms with Crippen LogP contribution in [0.2, 0.25) is 5.02 Å². The lowest BCUT2D eigenvalue weighted by atomic mass is 9.86. The lowest BCUT2D eigenvalue weighted by molar-refractivity contribution is -0.255. The first-order valence-electron chi connectivity index (χ1n) is 12.9. The van der Waals surface area contributed by atoms with Gasteiger partial charge in [0.05, 0.1) is 12.6 Å². The number of nitrogens with one attached hydrogen (secondary N) is 1. The van der Waals surface area contributed by atoms with E-state index < -0.39 is 30.0 Å². The van der Waals surface area contributed by atoms with Crippen LogP contribution in [0.1, 0.15) is 29.5 Å². The number of halogens is 4. The third-order valence-corrected chi connectivity index (χ3v) is 7.14. The summed E-state index contributed by atoms with van der Waals surface area (Å²) in [4.78, 5) is 29.1. The van der Waals surface area contributed by atoms with Crippen molar-refractivity contribution in [2.75, 3.05) is 0 Å². The lowest BCUT2D eigenvalue weighted by Gasteiger charge is -2.25. The van der Waals surface area contributed by atoms with Gasteiger partial charge >= 0.3 is 6.18 Å². The van der Waals surface area contributed by atoms with Gasteiger partial charge in [0, 0.05) is 52.8 Å². The number of pyridine rings is 1. The summed E-state index contributed by atoms with van der Waals surface area (Å²) in [5.74, 6) is -2.95. The minimum atomic E-state index is -4.77. The first kappa shape index (κ1) is 29.9. The number of alkyl halides is 3. The number of carbonyl (C=O) groups excluding carboxylic acids is 1. The maximum absolute atomic E-state index is 14.1. The molecule has 0 radical (unpaired) electrons. The van der Waals surface area contributed by atoms with Crippen molar-refractivity contribution in [2.24, 2.45) is 10.9 Å². The van der Waals surface area contributed by atoms with Crippen LogP contribution in [0.15, 0.2) is 94.9 Å². The number of nitrogens with zero attached hydrogens (tertiary/aromatic N) is 2. The fourth-order valence-corrected chi connectivity index (χ4v) is 4.87. The molecule has 0 amide bonds. The summed E-state index contributed by atoms with van der Waals surface area (Å²) in [6.07, 6.45) is -0.397. The number of aliphatic imine (C=N–C) groups is 1. The van der Waals surface area contributed by atoms with E-state index in [2.05, 4.69) is 17.3 Å². The second-order valence-electron chi connectivity index (χ2n) is 9.94. The number of dihydropyridines is 1. The average Bonchev–Trinajstić information content (AvgIpc) is 2.92. The molecule has 2 atom stereocenters. The van der Waals surface area contributed by atoms with E-state index in [4.69, 9.17) is 17.0 Å². The van der Waals surface area contributed by atoms with Gasteiger partial charge in [0.1, 0.15) is 11.6 Å². The summed E-state index contributed by atoms with van der Waals surface area (Å²) >= 11 is 5.98. The maximum Gasteiger partial charge on any atom is 0.400 e. The summed E-state index contributed by atoms with van der Waals surface area (Å²) in [5, 5.41) is 8.55. The van der Waals surface area contributed by atoms with Crippen LogP contribution in [0.3, 0.4) is 0 Å². The molecule has 0 fully saturated rings. The van der Waals surface area contributed by atoms with Crippen molar-refractivity contribution in [2.45, 2.75) is 38.0 Å². The number of benzene rings is 2. The molecule has 4 rings (SSSR count). The van der Waals surface area contributed by atoms with Crippen molar-refractivity contribution in [3.63, 3.8) is 0 Å². The summed E-state index contributed by atoms with van der Waals surface area (Å²) in [7, 11) is 0. The number of allylic oxidation sites excluding steroid dienone is 2. The molecule has 10 heteroatoms. The van der Waals surface area contributed by atoms with E-state index in [1.54, 1.807) is 35.0 Å². The quantitative estimate of drug-likeness (QED) is 0.240. The summed E-state index contributed by atoms with van der Waals surface area (Å²) in [6, 6.07) is 17.0. The molecular weight excluding hydrogens is 553 g/mol. The molecule has 1 aromatic heterocycles. The Balaban J connectivity index is 1.39. The molecule has 2 aromatic carbocycles. The fraction of sp³-hybridized carbons (Fsp3) is 0.226. The van der Waals surface area contributed by atoms with Gasteiger partial charge in [-0.2, -0.15) is 13.2 Å². The normalized spacial score (nSPS) is 15.7. The average molecular weight is 582 g/mol. The molecule has 2 unspecified atom stereocenters. The van der Waals surface area contributed by atoms with Crippen LogP contribution in [0.25, 0.3) is 5.57 Å². The van der Waals surface area contributed by atoms with Gasteiger partial charge in [-0.1, -0.05) is 54.6 Å². The van der Waals surface area contributed by atoms with Crippen molar-refractivity contribution >= 4 is 40.6 Å².